The van der Waals surface area contributed by atoms with Crippen LogP contribution in [0, 0.1) is 0 Å². The van der Waals surface area contributed by atoms with Crippen LogP contribution in [0.4, 0.5) is 0 Å². The van der Waals surface area contributed by atoms with Crippen molar-refractivity contribution in [3.8, 4) is 0 Å². The first kappa shape index (κ1) is 16.2. The molecule has 1 N–H and O–H groups in total. The van der Waals surface area contributed by atoms with Gasteiger partial charge in [-0.05, 0) is 50.2 Å². The maximum absolute atomic E-state index is 12.0. The van der Waals surface area contributed by atoms with E-state index < -0.39 is 0 Å². The Bertz CT molecular complexity index is 593. The Kier molecular flexibility index (Phi) is 6.16. The standard InChI is InChI=1S/C19H24N2O/c1-21(2)15-18-12-7-6-9-16(18)13-8-14-20-19(22)17-10-4-3-5-11-17/h3-7,9-12H,8,13-15H2,1-2H3,(H,20,22). The number of carbonyl (C=O) groups is 1. The van der Waals surface area contributed by atoms with Gasteiger partial charge in [-0.1, -0.05) is 42.5 Å². The summed E-state index contributed by atoms with van der Waals surface area (Å²) < 4.78 is 0. The SMILES string of the molecule is CN(C)Cc1ccccc1CCCNC(=O)c1ccccc1. The minimum Gasteiger partial charge on any atom is -0.352 e. The van der Waals surface area contributed by atoms with Gasteiger partial charge in [-0.15, -0.1) is 0 Å². The van der Waals surface area contributed by atoms with Crippen LogP contribution in [-0.2, 0) is 13.0 Å². The molecule has 2 aromatic rings. The normalized spacial score (nSPS) is 10.7. The van der Waals surface area contributed by atoms with Crippen LogP contribution < -0.4 is 5.32 Å². The average Bonchev–Trinajstić information content (AvgIpc) is 2.53. The van der Waals surface area contributed by atoms with E-state index in [0.29, 0.717) is 6.54 Å². The maximum Gasteiger partial charge on any atom is 0.251 e. The molecule has 2 rings (SSSR count). The molecule has 116 valence electrons. The Balaban J connectivity index is 1.81. The van der Waals surface area contributed by atoms with Crippen molar-refractivity contribution in [3.63, 3.8) is 0 Å². The summed E-state index contributed by atoms with van der Waals surface area (Å²) in [7, 11) is 4.16. The number of benzene rings is 2. The lowest BCUT2D eigenvalue weighted by atomic mass is 10.0. The minimum atomic E-state index is 0.00202. The summed E-state index contributed by atoms with van der Waals surface area (Å²) in [6.45, 7) is 1.65. The van der Waals surface area contributed by atoms with Gasteiger partial charge in [-0.2, -0.15) is 0 Å². The summed E-state index contributed by atoms with van der Waals surface area (Å²) in [5.74, 6) is 0.00202. The zero-order valence-electron chi connectivity index (χ0n) is 13.4. The highest BCUT2D eigenvalue weighted by atomic mass is 16.1. The van der Waals surface area contributed by atoms with Crippen LogP contribution in [0.15, 0.2) is 54.6 Å². The predicted octanol–water partition coefficient (Wildman–Crippen LogP) is 3.11. The molecular weight excluding hydrogens is 272 g/mol. The van der Waals surface area contributed by atoms with Gasteiger partial charge in [0.25, 0.3) is 5.91 Å². The summed E-state index contributed by atoms with van der Waals surface area (Å²) in [4.78, 5) is 14.1. The molecule has 0 heterocycles. The number of carbonyl (C=O) groups excluding carboxylic acids is 1. The van der Waals surface area contributed by atoms with E-state index in [9.17, 15) is 4.79 Å². The molecule has 3 heteroatoms. The lowest BCUT2D eigenvalue weighted by Crippen LogP contribution is -2.24. The Morgan fingerprint density at radius 3 is 2.27 bits per heavy atom. The maximum atomic E-state index is 12.0. The summed E-state index contributed by atoms with van der Waals surface area (Å²) in [5, 5.41) is 2.98. The minimum absolute atomic E-state index is 0.00202. The zero-order valence-corrected chi connectivity index (χ0v) is 13.4. The third-order valence-corrected chi connectivity index (χ3v) is 3.55. The first-order valence-electron chi connectivity index (χ1n) is 7.71. The van der Waals surface area contributed by atoms with Crippen LogP contribution in [0.1, 0.15) is 27.9 Å². The monoisotopic (exact) mass is 296 g/mol. The predicted molar refractivity (Wildman–Crippen MR) is 90.9 cm³/mol. The Morgan fingerprint density at radius 2 is 1.59 bits per heavy atom. The molecule has 3 nitrogen and oxygen atoms in total. The van der Waals surface area contributed by atoms with Crippen molar-refractivity contribution in [2.45, 2.75) is 19.4 Å². The highest BCUT2D eigenvalue weighted by Crippen LogP contribution is 2.12. The second kappa shape index (κ2) is 8.35. The Hall–Kier alpha value is -2.13. The number of nitrogens with one attached hydrogen (secondary N) is 1. The number of hydrogen-bond acceptors (Lipinski definition) is 2. The molecule has 0 fully saturated rings. The fourth-order valence-electron chi connectivity index (χ4n) is 2.47. The lowest BCUT2D eigenvalue weighted by molar-refractivity contribution is 0.0953. The van der Waals surface area contributed by atoms with Crippen molar-refractivity contribution in [2.24, 2.45) is 0 Å². The summed E-state index contributed by atoms with van der Waals surface area (Å²) in [6.07, 6.45) is 1.93. The second-order valence-corrected chi connectivity index (χ2v) is 5.73. The number of rotatable bonds is 7. The molecule has 0 aliphatic heterocycles. The number of nitrogens with zero attached hydrogens (tertiary/aromatic N) is 1. The van der Waals surface area contributed by atoms with E-state index in [4.69, 9.17) is 0 Å². The third-order valence-electron chi connectivity index (χ3n) is 3.55. The number of amides is 1. The van der Waals surface area contributed by atoms with Crippen molar-refractivity contribution in [3.05, 3.63) is 71.3 Å². The Morgan fingerprint density at radius 1 is 0.955 bits per heavy atom. The van der Waals surface area contributed by atoms with Crippen LogP contribution in [-0.4, -0.2) is 31.4 Å². The van der Waals surface area contributed by atoms with E-state index in [-0.39, 0.29) is 5.91 Å². The fraction of sp³-hybridized carbons (Fsp3) is 0.316. The second-order valence-electron chi connectivity index (χ2n) is 5.73. The van der Waals surface area contributed by atoms with E-state index in [2.05, 4.69) is 48.6 Å². The van der Waals surface area contributed by atoms with Crippen LogP contribution in [0.5, 0.6) is 0 Å². The topological polar surface area (TPSA) is 32.3 Å². The molecule has 0 saturated carbocycles. The smallest absolute Gasteiger partial charge is 0.251 e. The first-order chi connectivity index (χ1) is 10.7. The molecule has 0 aliphatic carbocycles. The van der Waals surface area contributed by atoms with Gasteiger partial charge in [0, 0.05) is 18.7 Å². The molecular formula is C19H24N2O. The molecule has 1 amide bonds. The van der Waals surface area contributed by atoms with E-state index in [1.807, 2.05) is 30.3 Å². The van der Waals surface area contributed by atoms with Crippen molar-refractivity contribution in [2.75, 3.05) is 20.6 Å². The van der Waals surface area contributed by atoms with Gasteiger partial charge in [0.2, 0.25) is 0 Å². The Labute approximate surface area is 133 Å². The number of aryl methyl sites for hydroxylation is 1. The van der Waals surface area contributed by atoms with E-state index >= 15 is 0 Å². The van der Waals surface area contributed by atoms with Gasteiger partial charge >= 0.3 is 0 Å². The van der Waals surface area contributed by atoms with Crippen molar-refractivity contribution < 1.29 is 4.79 Å². The van der Waals surface area contributed by atoms with Crippen LogP contribution in [0.2, 0.25) is 0 Å². The van der Waals surface area contributed by atoms with Gasteiger partial charge in [0.05, 0.1) is 0 Å². The van der Waals surface area contributed by atoms with Crippen LogP contribution in [0.25, 0.3) is 0 Å². The zero-order chi connectivity index (χ0) is 15.8. The number of hydrogen-bond donors (Lipinski definition) is 1. The highest BCUT2D eigenvalue weighted by molar-refractivity contribution is 5.94. The van der Waals surface area contributed by atoms with Gasteiger partial charge in [0.1, 0.15) is 0 Å². The van der Waals surface area contributed by atoms with Gasteiger partial charge in [0.15, 0.2) is 0 Å². The quantitative estimate of drug-likeness (QED) is 0.796. The lowest BCUT2D eigenvalue weighted by Gasteiger charge is -2.14. The van der Waals surface area contributed by atoms with E-state index in [1.165, 1.54) is 11.1 Å². The molecule has 0 radical (unpaired) electrons. The highest BCUT2D eigenvalue weighted by Gasteiger charge is 2.05. The molecule has 22 heavy (non-hydrogen) atoms. The fourth-order valence-corrected chi connectivity index (χ4v) is 2.47. The van der Waals surface area contributed by atoms with E-state index in [1.54, 1.807) is 0 Å². The summed E-state index contributed by atoms with van der Waals surface area (Å²) in [6, 6.07) is 17.9. The van der Waals surface area contributed by atoms with Gasteiger partial charge < -0.3 is 10.2 Å². The summed E-state index contributed by atoms with van der Waals surface area (Å²) in [5.41, 5.74) is 3.45. The molecule has 2 aromatic carbocycles. The molecule has 0 atom stereocenters. The van der Waals surface area contributed by atoms with Crippen molar-refractivity contribution in [1.29, 1.82) is 0 Å². The summed E-state index contributed by atoms with van der Waals surface area (Å²) >= 11 is 0. The molecule has 0 saturated heterocycles. The van der Waals surface area contributed by atoms with Crippen molar-refractivity contribution in [1.82, 2.24) is 10.2 Å². The van der Waals surface area contributed by atoms with Gasteiger partial charge in [-0.3, -0.25) is 4.79 Å². The average molecular weight is 296 g/mol. The first-order valence-corrected chi connectivity index (χ1v) is 7.71. The molecule has 0 unspecified atom stereocenters. The molecule has 0 aromatic heterocycles. The van der Waals surface area contributed by atoms with Crippen LogP contribution in [0.3, 0.4) is 0 Å². The molecule has 0 bridgehead atoms. The third kappa shape index (κ3) is 5.01. The van der Waals surface area contributed by atoms with E-state index in [0.717, 1.165) is 24.9 Å². The van der Waals surface area contributed by atoms with Crippen LogP contribution >= 0.6 is 0 Å². The molecule has 0 aliphatic rings. The molecule has 0 spiro atoms. The van der Waals surface area contributed by atoms with Gasteiger partial charge in [-0.25, -0.2) is 0 Å². The van der Waals surface area contributed by atoms with Crippen molar-refractivity contribution >= 4 is 5.91 Å². The largest absolute Gasteiger partial charge is 0.352 e.